The molecule has 0 aromatic heterocycles. The second kappa shape index (κ2) is 6.57. The normalized spacial score (nSPS) is 20.2. The Labute approximate surface area is 117 Å². The van der Waals surface area contributed by atoms with Crippen LogP contribution in [0.3, 0.4) is 0 Å². The van der Waals surface area contributed by atoms with Crippen LogP contribution in [-0.2, 0) is 0 Å². The summed E-state index contributed by atoms with van der Waals surface area (Å²) < 4.78 is 0. The molecule has 5 heteroatoms. The first-order valence-electron chi connectivity index (χ1n) is 7.20. The molecule has 0 unspecified atom stereocenters. The quantitative estimate of drug-likeness (QED) is 0.216. The highest BCUT2D eigenvalue weighted by molar-refractivity contribution is 5.85. The largest absolute Gasteiger partial charge is 0.409 e. The van der Waals surface area contributed by atoms with Gasteiger partial charge in [0, 0.05) is 17.5 Å². The topological polar surface area (TPSA) is 73.9 Å². The first kappa shape index (κ1) is 16.2. The van der Waals surface area contributed by atoms with Crippen LogP contribution in [0.5, 0.6) is 0 Å². The third-order valence-electron chi connectivity index (χ3n) is 4.66. The molecule has 0 bridgehead atoms. The van der Waals surface area contributed by atoms with Crippen LogP contribution < -0.4 is 11.1 Å². The number of amidine groups is 1. The van der Waals surface area contributed by atoms with Crippen LogP contribution >= 0.6 is 0 Å². The zero-order chi connectivity index (χ0) is 14.5. The lowest BCUT2D eigenvalue weighted by atomic mass is 9.88. The molecule has 4 N–H and O–H groups in total. The van der Waals surface area contributed by atoms with E-state index in [0.717, 1.165) is 19.5 Å². The van der Waals surface area contributed by atoms with E-state index in [1.807, 2.05) is 13.8 Å². The minimum absolute atomic E-state index is 0.261. The molecule has 1 rings (SSSR count). The standard InChI is InChI=1S/C14H30N4O/c1-13(2,12(15)17-19)9-10-16-11-14(18(3)4)7-5-6-8-14/h16,19H,5-11H2,1-4H3,(H2,15,17). The number of likely N-dealkylation sites (N-methyl/N-ethyl adjacent to an activating group) is 1. The van der Waals surface area contributed by atoms with E-state index in [0.29, 0.717) is 11.4 Å². The van der Waals surface area contributed by atoms with E-state index < -0.39 is 0 Å². The van der Waals surface area contributed by atoms with E-state index in [9.17, 15) is 0 Å². The number of hydrogen-bond donors (Lipinski definition) is 3. The second-order valence-corrected chi connectivity index (χ2v) is 6.62. The summed E-state index contributed by atoms with van der Waals surface area (Å²) in [5, 5.41) is 15.4. The van der Waals surface area contributed by atoms with Crippen LogP contribution in [0.1, 0.15) is 46.0 Å². The molecule has 0 aliphatic heterocycles. The molecule has 0 amide bonds. The number of hydrogen-bond acceptors (Lipinski definition) is 4. The Morgan fingerprint density at radius 3 is 2.42 bits per heavy atom. The van der Waals surface area contributed by atoms with Gasteiger partial charge in [-0.2, -0.15) is 0 Å². The monoisotopic (exact) mass is 270 g/mol. The highest BCUT2D eigenvalue weighted by Gasteiger charge is 2.35. The first-order chi connectivity index (χ1) is 8.84. The molecule has 0 saturated heterocycles. The lowest BCUT2D eigenvalue weighted by Gasteiger charge is -2.37. The summed E-state index contributed by atoms with van der Waals surface area (Å²) in [4.78, 5) is 2.36. The summed E-state index contributed by atoms with van der Waals surface area (Å²) in [6.45, 7) is 5.91. The van der Waals surface area contributed by atoms with Crippen LogP contribution in [0.4, 0.5) is 0 Å². The van der Waals surface area contributed by atoms with Gasteiger partial charge in [-0.05, 0) is 39.9 Å². The van der Waals surface area contributed by atoms with Crippen LogP contribution in [-0.4, -0.2) is 48.7 Å². The van der Waals surface area contributed by atoms with Crippen molar-refractivity contribution in [2.24, 2.45) is 16.3 Å². The first-order valence-corrected chi connectivity index (χ1v) is 7.20. The van der Waals surface area contributed by atoms with Gasteiger partial charge in [-0.15, -0.1) is 0 Å². The maximum absolute atomic E-state index is 8.75. The Balaban J connectivity index is 2.38. The van der Waals surface area contributed by atoms with Crippen molar-refractivity contribution in [3.05, 3.63) is 0 Å². The molecule has 0 aromatic carbocycles. The maximum Gasteiger partial charge on any atom is 0.144 e. The van der Waals surface area contributed by atoms with Gasteiger partial charge >= 0.3 is 0 Å². The fourth-order valence-electron chi connectivity index (χ4n) is 2.80. The Morgan fingerprint density at radius 1 is 1.37 bits per heavy atom. The Hall–Kier alpha value is -0.810. The van der Waals surface area contributed by atoms with Crippen molar-refractivity contribution < 1.29 is 5.21 Å². The Morgan fingerprint density at radius 2 is 1.95 bits per heavy atom. The van der Waals surface area contributed by atoms with Gasteiger partial charge in [-0.3, -0.25) is 0 Å². The maximum atomic E-state index is 8.75. The summed E-state index contributed by atoms with van der Waals surface area (Å²) >= 11 is 0. The summed E-state index contributed by atoms with van der Waals surface area (Å²) in [7, 11) is 4.35. The molecule has 1 aliphatic rings. The molecule has 0 heterocycles. The van der Waals surface area contributed by atoms with E-state index in [-0.39, 0.29) is 5.41 Å². The molecule has 1 fully saturated rings. The zero-order valence-corrected chi connectivity index (χ0v) is 12.9. The molecular weight excluding hydrogens is 240 g/mol. The minimum Gasteiger partial charge on any atom is -0.409 e. The number of rotatable bonds is 7. The SMILES string of the molecule is CN(C)C1(CNCCC(C)(C)C(N)=NO)CCCC1. The van der Waals surface area contributed by atoms with Crippen molar-refractivity contribution in [1.82, 2.24) is 10.2 Å². The van der Waals surface area contributed by atoms with Gasteiger partial charge in [-0.25, -0.2) is 0 Å². The third kappa shape index (κ3) is 4.08. The molecular formula is C14H30N4O. The Kier molecular flexibility index (Phi) is 5.62. The number of oxime groups is 1. The lowest BCUT2D eigenvalue weighted by Crippen LogP contribution is -2.50. The highest BCUT2D eigenvalue weighted by atomic mass is 16.4. The van der Waals surface area contributed by atoms with Crippen molar-refractivity contribution in [2.75, 3.05) is 27.2 Å². The molecule has 1 aliphatic carbocycles. The van der Waals surface area contributed by atoms with Gasteiger partial charge < -0.3 is 21.2 Å². The molecule has 0 spiro atoms. The van der Waals surface area contributed by atoms with Gasteiger partial charge in [0.05, 0.1) is 0 Å². The van der Waals surface area contributed by atoms with Crippen LogP contribution in [0.25, 0.3) is 0 Å². The number of nitrogens with one attached hydrogen (secondary N) is 1. The molecule has 0 atom stereocenters. The summed E-state index contributed by atoms with van der Waals surface area (Å²) in [6, 6.07) is 0. The minimum atomic E-state index is -0.261. The predicted octanol–water partition coefficient (Wildman–Crippen LogP) is 1.61. The summed E-state index contributed by atoms with van der Waals surface area (Å²) in [5.74, 6) is 0.303. The molecule has 1 saturated carbocycles. The van der Waals surface area contributed by atoms with E-state index >= 15 is 0 Å². The molecule has 0 aromatic rings. The fraction of sp³-hybridized carbons (Fsp3) is 0.929. The van der Waals surface area contributed by atoms with E-state index in [1.54, 1.807) is 0 Å². The van der Waals surface area contributed by atoms with Crippen molar-refractivity contribution in [2.45, 2.75) is 51.5 Å². The highest BCUT2D eigenvalue weighted by Crippen LogP contribution is 2.33. The van der Waals surface area contributed by atoms with Gasteiger partial charge in [0.1, 0.15) is 5.84 Å². The second-order valence-electron chi connectivity index (χ2n) is 6.62. The number of nitrogens with two attached hydrogens (primary N) is 1. The van der Waals surface area contributed by atoms with E-state index in [4.69, 9.17) is 10.9 Å². The van der Waals surface area contributed by atoms with Crippen LogP contribution in [0.15, 0.2) is 5.16 Å². The Bertz CT molecular complexity index is 307. The van der Waals surface area contributed by atoms with Gasteiger partial charge in [0.2, 0.25) is 0 Å². The summed E-state index contributed by atoms with van der Waals surface area (Å²) in [5.41, 5.74) is 5.75. The molecule has 5 nitrogen and oxygen atoms in total. The van der Waals surface area contributed by atoms with Crippen molar-refractivity contribution >= 4 is 5.84 Å². The molecule has 19 heavy (non-hydrogen) atoms. The third-order valence-corrected chi connectivity index (χ3v) is 4.66. The lowest BCUT2D eigenvalue weighted by molar-refractivity contribution is 0.153. The average Bonchev–Trinajstić information content (AvgIpc) is 2.83. The van der Waals surface area contributed by atoms with Crippen molar-refractivity contribution in [3.8, 4) is 0 Å². The van der Waals surface area contributed by atoms with Crippen molar-refractivity contribution in [3.63, 3.8) is 0 Å². The average molecular weight is 270 g/mol. The summed E-state index contributed by atoms with van der Waals surface area (Å²) in [6.07, 6.45) is 6.07. The zero-order valence-electron chi connectivity index (χ0n) is 12.9. The van der Waals surface area contributed by atoms with Gasteiger partial charge in [0.15, 0.2) is 0 Å². The van der Waals surface area contributed by atoms with Gasteiger partial charge in [-0.1, -0.05) is 31.8 Å². The molecule has 0 radical (unpaired) electrons. The smallest absolute Gasteiger partial charge is 0.144 e. The fourth-order valence-corrected chi connectivity index (χ4v) is 2.80. The van der Waals surface area contributed by atoms with Crippen LogP contribution in [0.2, 0.25) is 0 Å². The van der Waals surface area contributed by atoms with E-state index in [2.05, 4.69) is 29.5 Å². The van der Waals surface area contributed by atoms with Crippen LogP contribution in [0, 0.1) is 5.41 Å². The van der Waals surface area contributed by atoms with E-state index in [1.165, 1.54) is 25.7 Å². The molecule has 112 valence electrons. The van der Waals surface area contributed by atoms with Gasteiger partial charge in [0.25, 0.3) is 0 Å². The predicted molar refractivity (Wildman–Crippen MR) is 79.6 cm³/mol. The number of nitrogens with zero attached hydrogens (tertiary/aromatic N) is 2. The van der Waals surface area contributed by atoms with Crippen molar-refractivity contribution in [1.29, 1.82) is 0 Å².